The number of anilines is 1. The number of benzene rings is 2. The summed E-state index contributed by atoms with van der Waals surface area (Å²) in [5.74, 6) is -0.369. The van der Waals surface area contributed by atoms with Crippen molar-refractivity contribution in [2.45, 2.75) is 0 Å². The molecule has 23 heavy (non-hydrogen) atoms. The van der Waals surface area contributed by atoms with E-state index in [1.54, 1.807) is 54.6 Å². The van der Waals surface area contributed by atoms with E-state index in [9.17, 15) is 9.59 Å². The lowest BCUT2D eigenvalue weighted by molar-refractivity contribution is -0.113. The summed E-state index contributed by atoms with van der Waals surface area (Å²) >= 11 is 6.71. The predicted octanol–water partition coefficient (Wildman–Crippen LogP) is 4.45. The second kappa shape index (κ2) is 6.29. The van der Waals surface area contributed by atoms with Crippen LogP contribution in [0.5, 0.6) is 0 Å². The fourth-order valence-corrected chi connectivity index (χ4v) is 3.05. The third-order valence-electron chi connectivity index (χ3n) is 3.22. The molecule has 2 aromatic rings. The molecule has 2 amide bonds. The van der Waals surface area contributed by atoms with Crippen molar-refractivity contribution in [1.82, 2.24) is 0 Å². The Bertz CT molecular complexity index is 852. The highest BCUT2D eigenvalue weighted by Gasteiger charge is 2.36. The van der Waals surface area contributed by atoms with Gasteiger partial charge in [-0.2, -0.15) is 5.26 Å². The van der Waals surface area contributed by atoms with Crippen molar-refractivity contribution in [3.05, 3.63) is 69.6 Å². The van der Waals surface area contributed by atoms with Crippen LogP contribution in [0.25, 0.3) is 6.08 Å². The summed E-state index contributed by atoms with van der Waals surface area (Å²) in [5, 5.41) is 8.97. The number of rotatable bonds is 2. The maximum Gasteiger partial charge on any atom is 0.298 e. The fraction of sp³-hybridized carbons (Fsp3) is 0. The smallest absolute Gasteiger partial charge is 0.268 e. The number of nitrogens with zero attached hydrogens (tertiary/aromatic N) is 2. The number of hydrogen-bond donors (Lipinski definition) is 0. The Morgan fingerprint density at radius 1 is 1.04 bits per heavy atom. The molecule has 0 spiro atoms. The van der Waals surface area contributed by atoms with Crippen LogP contribution in [0.1, 0.15) is 11.1 Å². The Labute approximate surface area is 142 Å². The van der Waals surface area contributed by atoms with E-state index in [2.05, 4.69) is 0 Å². The lowest BCUT2D eigenvalue weighted by Gasteiger charge is -2.12. The first-order valence-corrected chi connectivity index (χ1v) is 7.81. The van der Waals surface area contributed by atoms with Gasteiger partial charge in [0, 0.05) is 5.02 Å². The lowest BCUT2D eigenvalue weighted by Crippen LogP contribution is -2.27. The van der Waals surface area contributed by atoms with Crippen LogP contribution < -0.4 is 4.90 Å². The molecule has 0 atom stereocenters. The first-order chi connectivity index (χ1) is 11.1. The first-order valence-electron chi connectivity index (χ1n) is 6.62. The predicted molar refractivity (Wildman–Crippen MR) is 91.1 cm³/mol. The Morgan fingerprint density at radius 2 is 1.70 bits per heavy atom. The van der Waals surface area contributed by atoms with Gasteiger partial charge in [0.1, 0.15) is 0 Å². The molecule has 0 bridgehead atoms. The van der Waals surface area contributed by atoms with Gasteiger partial charge in [-0.1, -0.05) is 23.7 Å². The Hall–Kier alpha value is -2.55. The minimum atomic E-state index is -0.369. The van der Waals surface area contributed by atoms with Gasteiger partial charge in [-0.25, -0.2) is 4.90 Å². The molecule has 1 heterocycles. The number of carbonyl (C=O) groups excluding carboxylic acids is 2. The Morgan fingerprint density at radius 3 is 2.30 bits per heavy atom. The van der Waals surface area contributed by atoms with E-state index in [4.69, 9.17) is 16.9 Å². The van der Waals surface area contributed by atoms with E-state index in [-0.39, 0.29) is 11.1 Å². The number of nitriles is 1. The average molecular weight is 341 g/mol. The molecule has 0 radical (unpaired) electrons. The number of amides is 2. The summed E-state index contributed by atoms with van der Waals surface area (Å²) in [6, 6.07) is 15.3. The quantitative estimate of drug-likeness (QED) is 0.757. The molecule has 2 aromatic carbocycles. The van der Waals surface area contributed by atoms with Crippen LogP contribution in [-0.4, -0.2) is 11.1 Å². The number of imide groups is 1. The van der Waals surface area contributed by atoms with Crippen LogP contribution in [0.3, 0.4) is 0 Å². The molecule has 1 saturated heterocycles. The molecular weight excluding hydrogens is 332 g/mol. The van der Waals surface area contributed by atoms with Crippen molar-refractivity contribution in [3.63, 3.8) is 0 Å². The highest BCUT2D eigenvalue weighted by molar-refractivity contribution is 8.19. The summed E-state index contributed by atoms with van der Waals surface area (Å²) in [5.41, 5.74) is 1.78. The minimum absolute atomic E-state index is 0.342. The van der Waals surface area contributed by atoms with Gasteiger partial charge in [0.15, 0.2) is 0 Å². The normalized spacial score (nSPS) is 16.0. The number of hydrogen-bond acceptors (Lipinski definition) is 4. The van der Waals surface area contributed by atoms with E-state index in [0.717, 1.165) is 22.2 Å². The van der Waals surface area contributed by atoms with E-state index in [0.29, 0.717) is 21.2 Å². The van der Waals surface area contributed by atoms with Gasteiger partial charge in [-0.05, 0) is 59.8 Å². The van der Waals surface area contributed by atoms with Gasteiger partial charge in [-0.3, -0.25) is 9.59 Å². The zero-order valence-corrected chi connectivity index (χ0v) is 13.3. The number of carbonyl (C=O) groups is 2. The van der Waals surface area contributed by atoms with Gasteiger partial charge < -0.3 is 0 Å². The van der Waals surface area contributed by atoms with Crippen LogP contribution in [-0.2, 0) is 4.79 Å². The van der Waals surface area contributed by atoms with Crippen LogP contribution >= 0.6 is 23.4 Å². The molecular formula is C17H9ClN2O2S. The molecule has 1 aliphatic rings. The maximum atomic E-state index is 12.5. The summed E-state index contributed by atoms with van der Waals surface area (Å²) in [6.07, 6.45) is 1.64. The van der Waals surface area contributed by atoms with Crippen LogP contribution in [0.4, 0.5) is 10.5 Å². The third kappa shape index (κ3) is 3.14. The second-order valence-electron chi connectivity index (χ2n) is 4.73. The van der Waals surface area contributed by atoms with Crippen molar-refractivity contribution in [1.29, 1.82) is 5.26 Å². The minimum Gasteiger partial charge on any atom is -0.268 e. The largest absolute Gasteiger partial charge is 0.298 e. The van der Waals surface area contributed by atoms with Gasteiger partial charge in [0.2, 0.25) is 0 Å². The van der Waals surface area contributed by atoms with Crippen LogP contribution in [0.2, 0.25) is 5.02 Å². The molecule has 0 N–H and O–H groups in total. The SMILES string of the molecule is N#Cc1ccc(C=C2SC(=O)N(c3ccc(Cl)cc3)C2=O)cc1. The summed E-state index contributed by atoms with van der Waals surface area (Å²) in [4.78, 5) is 26.0. The molecule has 3 rings (SSSR count). The first kappa shape index (κ1) is 15.3. The maximum absolute atomic E-state index is 12.5. The molecule has 1 fully saturated rings. The van der Waals surface area contributed by atoms with Gasteiger partial charge in [0.25, 0.3) is 11.1 Å². The van der Waals surface area contributed by atoms with Gasteiger partial charge in [-0.15, -0.1) is 0 Å². The topological polar surface area (TPSA) is 61.2 Å². The standard InChI is InChI=1S/C17H9ClN2O2S/c18-13-5-7-14(8-6-13)20-16(21)15(23-17(20)22)9-11-1-3-12(10-19)4-2-11/h1-9H. The average Bonchev–Trinajstić information content (AvgIpc) is 2.83. The summed E-state index contributed by atoms with van der Waals surface area (Å²) in [7, 11) is 0. The molecule has 0 unspecified atom stereocenters. The zero-order chi connectivity index (χ0) is 16.4. The second-order valence-corrected chi connectivity index (χ2v) is 6.16. The highest BCUT2D eigenvalue weighted by atomic mass is 35.5. The van der Waals surface area contributed by atoms with E-state index in [1.807, 2.05) is 6.07 Å². The monoisotopic (exact) mass is 340 g/mol. The van der Waals surface area contributed by atoms with Crippen molar-refractivity contribution < 1.29 is 9.59 Å². The Balaban J connectivity index is 1.89. The van der Waals surface area contributed by atoms with Gasteiger partial charge in [0.05, 0.1) is 22.2 Å². The number of halogens is 1. The van der Waals surface area contributed by atoms with E-state index in [1.165, 1.54) is 0 Å². The van der Waals surface area contributed by atoms with E-state index < -0.39 is 0 Å². The van der Waals surface area contributed by atoms with Crippen molar-refractivity contribution in [2.24, 2.45) is 0 Å². The summed E-state index contributed by atoms with van der Waals surface area (Å²) in [6.45, 7) is 0. The summed E-state index contributed by atoms with van der Waals surface area (Å²) < 4.78 is 0. The van der Waals surface area contributed by atoms with Crippen molar-refractivity contribution in [3.8, 4) is 6.07 Å². The molecule has 0 saturated carbocycles. The molecule has 0 aliphatic carbocycles. The van der Waals surface area contributed by atoms with Crippen molar-refractivity contribution >= 4 is 46.3 Å². The van der Waals surface area contributed by atoms with Crippen molar-refractivity contribution in [2.75, 3.05) is 4.90 Å². The zero-order valence-electron chi connectivity index (χ0n) is 11.7. The Kier molecular flexibility index (Phi) is 4.20. The van der Waals surface area contributed by atoms with E-state index >= 15 is 0 Å². The van der Waals surface area contributed by atoms with Crippen LogP contribution in [0, 0.1) is 11.3 Å². The number of thioether (sulfide) groups is 1. The van der Waals surface area contributed by atoms with Gasteiger partial charge >= 0.3 is 0 Å². The molecule has 112 valence electrons. The molecule has 1 aliphatic heterocycles. The molecule has 0 aromatic heterocycles. The molecule has 4 nitrogen and oxygen atoms in total. The molecule has 6 heteroatoms. The lowest BCUT2D eigenvalue weighted by atomic mass is 10.1. The third-order valence-corrected chi connectivity index (χ3v) is 4.34. The fourth-order valence-electron chi connectivity index (χ4n) is 2.09. The highest BCUT2D eigenvalue weighted by Crippen LogP contribution is 2.36. The van der Waals surface area contributed by atoms with Crippen LogP contribution in [0.15, 0.2) is 53.4 Å².